The molecule has 1 amide bonds. The zero-order valence-electron chi connectivity index (χ0n) is 14.7. The molecule has 0 aliphatic carbocycles. The van der Waals surface area contributed by atoms with E-state index < -0.39 is 0 Å². The number of hydrogen-bond donors (Lipinski definition) is 2. The third-order valence-electron chi connectivity index (χ3n) is 4.60. The summed E-state index contributed by atoms with van der Waals surface area (Å²) in [6.07, 6.45) is 4.86. The van der Waals surface area contributed by atoms with E-state index >= 15 is 0 Å². The van der Waals surface area contributed by atoms with Crippen LogP contribution in [0.5, 0.6) is 0 Å². The van der Waals surface area contributed by atoms with Crippen LogP contribution in [0.3, 0.4) is 0 Å². The van der Waals surface area contributed by atoms with Crippen LogP contribution in [0.25, 0.3) is 23.1 Å². The number of aromatic nitrogens is 2. The molecular weight excluding hydrogens is 383 g/mol. The van der Waals surface area contributed by atoms with Gasteiger partial charge in [0.25, 0.3) is 5.91 Å². The number of carbonyl (C=O) groups is 1. The summed E-state index contributed by atoms with van der Waals surface area (Å²) in [5.41, 5.74) is 9.54. The summed E-state index contributed by atoms with van der Waals surface area (Å²) in [6.45, 7) is 1.39. The number of nitrogens with one attached hydrogen (secondary N) is 1. The number of nitrogens with two attached hydrogens (primary N) is 1. The zero-order chi connectivity index (χ0) is 17.2. The number of likely N-dealkylation sites (tertiary alicyclic amines) is 1. The molecule has 1 aromatic heterocycles. The molecule has 1 aliphatic rings. The van der Waals surface area contributed by atoms with Gasteiger partial charge in [-0.2, -0.15) is 5.10 Å². The quantitative estimate of drug-likeness (QED) is 0.697. The molecule has 0 spiro atoms. The average Bonchev–Trinajstić information content (AvgIpc) is 3.26. The molecule has 3 N–H and O–H groups in total. The number of fused-ring (bicyclic) bond motifs is 1. The molecule has 1 atom stereocenters. The van der Waals surface area contributed by atoms with E-state index in [1.807, 2.05) is 65.6 Å². The molecule has 5 nitrogen and oxygen atoms in total. The molecule has 1 aliphatic heterocycles. The first-order valence-electron chi connectivity index (χ1n) is 8.47. The van der Waals surface area contributed by atoms with Gasteiger partial charge in [0.15, 0.2) is 0 Å². The van der Waals surface area contributed by atoms with Crippen LogP contribution in [0.2, 0.25) is 0 Å². The average molecular weight is 405 g/mol. The number of benzene rings is 2. The molecular formula is C20H22Cl2N4O. The third-order valence-corrected chi connectivity index (χ3v) is 4.60. The van der Waals surface area contributed by atoms with Crippen LogP contribution in [0.15, 0.2) is 48.5 Å². The van der Waals surface area contributed by atoms with Crippen LogP contribution in [0.1, 0.15) is 28.0 Å². The zero-order valence-corrected chi connectivity index (χ0v) is 16.3. The van der Waals surface area contributed by atoms with Crippen LogP contribution in [0, 0.1) is 0 Å². The summed E-state index contributed by atoms with van der Waals surface area (Å²) in [6, 6.07) is 15.8. The van der Waals surface area contributed by atoms with Gasteiger partial charge in [-0.1, -0.05) is 36.4 Å². The number of aromatic amines is 1. The lowest BCUT2D eigenvalue weighted by atomic mass is 10.1. The van der Waals surface area contributed by atoms with Crippen molar-refractivity contribution in [2.45, 2.75) is 12.5 Å². The highest BCUT2D eigenvalue weighted by molar-refractivity contribution is 5.95. The van der Waals surface area contributed by atoms with Gasteiger partial charge >= 0.3 is 0 Å². The highest BCUT2D eigenvalue weighted by Crippen LogP contribution is 2.18. The van der Waals surface area contributed by atoms with Gasteiger partial charge < -0.3 is 10.6 Å². The molecule has 1 unspecified atom stereocenters. The monoisotopic (exact) mass is 404 g/mol. The number of para-hydroxylation sites is 1. The fraction of sp³-hybridized carbons (Fsp3) is 0.200. The van der Waals surface area contributed by atoms with Crippen molar-refractivity contribution in [2.75, 3.05) is 13.1 Å². The van der Waals surface area contributed by atoms with E-state index in [-0.39, 0.29) is 36.8 Å². The first kappa shape index (κ1) is 21.0. The highest BCUT2D eigenvalue weighted by Gasteiger charge is 2.24. The first-order chi connectivity index (χ1) is 12.2. The van der Waals surface area contributed by atoms with Crippen molar-refractivity contribution in [2.24, 2.45) is 5.73 Å². The summed E-state index contributed by atoms with van der Waals surface area (Å²) in [7, 11) is 0. The molecule has 4 rings (SSSR count). The predicted octanol–water partition coefficient (Wildman–Crippen LogP) is 3.75. The van der Waals surface area contributed by atoms with Crippen LogP contribution in [-0.2, 0) is 0 Å². The molecule has 142 valence electrons. The fourth-order valence-corrected chi connectivity index (χ4v) is 3.18. The van der Waals surface area contributed by atoms with Crippen LogP contribution in [-0.4, -0.2) is 40.1 Å². The lowest BCUT2D eigenvalue weighted by Gasteiger charge is -2.15. The van der Waals surface area contributed by atoms with E-state index in [2.05, 4.69) is 10.2 Å². The molecule has 1 fully saturated rings. The van der Waals surface area contributed by atoms with Crippen molar-refractivity contribution in [3.63, 3.8) is 0 Å². The summed E-state index contributed by atoms with van der Waals surface area (Å²) in [5, 5.41) is 8.45. The lowest BCUT2D eigenvalue weighted by Crippen LogP contribution is -2.31. The summed E-state index contributed by atoms with van der Waals surface area (Å²) in [5.74, 6) is 0.0572. The Hall–Kier alpha value is -2.34. The number of halogens is 2. The predicted molar refractivity (Wildman–Crippen MR) is 114 cm³/mol. The van der Waals surface area contributed by atoms with Crippen molar-refractivity contribution in [1.29, 1.82) is 0 Å². The lowest BCUT2D eigenvalue weighted by molar-refractivity contribution is 0.0791. The Bertz CT molecular complexity index is 937. The smallest absolute Gasteiger partial charge is 0.253 e. The molecule has 2 aromatic carbocycles. The van der Waals surface area contributed by atoms with E-state index in [9.17, 15) is 4.79 Å². The molecule has 0 bridgehead atoms. The van der Waals surface area contributed by atoms with Crippen LogP contribution >= 0.6 is 24.8 Å². The number of carbonyl (C=O) groups excluding carboxylic acids is 1. The fourth-order valence-electron chi connectivity index (χ4n) is 3.18. The minimum absolute atomic E-state index is 0. The SMILES string of the molecule is Cl.Cl.NC1CCN(C(=O)c2ccc(/C=C/c3n[nH]c4ccccc34)cc2)C1. The number of hydrogen-bond acceptors (Lipinski definition) is 3. The molecule has 2 heterocycles. The molecule has 7 heteroatoms. The van der Waals surface area contributed by atoms with Crippen LogP contribution < -0.4 is 5.73 Å². The topological polar surface area (TPSA) is 75.0 Å². The van der Waals surface area contributed by atoms with Gasteiger partial charge in [0.05, 0.1) is 11.2 Å². The summed E-state index contributed by atoms with van der Waals surface area (Å²) >= 11 is 0. The van der Waals surface area contributed by atoms with E-state index in [0.29, 0.717) is 12.1 Å². The normalized spacial score (nSPS) is 16.3. The van der Waals surface area contributed by atoms with E-state index in [4.69, 9.17) is 5.73 Å². The van der Waals surface area contributed by atoms with Gasteiger partial charge in [0.1, 0.15) is 0 Å². The molecule has 0 radical (unpaired) electrons. The molecule has 27 heavy (non-hydrogen) atoms. The second-order valence-corrected chi connectivity index (χ2v) is 6.41. The van der Waals surface area contributed by atoms with Crippen molar-refractivity contribution in [3.05, 3.63) is 65.4 Å². The largest absolute Gasteiger partial charge is 0.337 e. The van der Waals surface area contributed by atoms with Gasteiger partial charge in [0.2, 0.25) is 0 Å². The number of H-pyrrole nitrogens is 1. The van der Waals surface area contributed by atoms with Crippen molar-refractivity contribution < 1.29 is 4.79 Å². The first-order valence-corrected chi connectivity index (χ1v) is 8.47. The second kappa shape index (κ2) is 9.04. The molecule has 0 saturated carbocycles. The maximum atomic E-state index is 12.4. The highest BCUT2D eigenvalue weighted by atomic mass is 35.5. The van der Waals surface area contributed by atoms with Crippen molar-refractivity contribution in [1.82, 2.24) is 15.1 Å². The van der Waals surface area contributed by atoms with Crippen molar-refractivity contribution in [3.8, 4) is 0 Å². The standard InChI is InChI=1S/C20H20N4O.2ClH/c21-16-11-12-24(13-16)20(25)15-8-5-14(6-9-15)7-10-19-17-3-1-2-4-18(17)22-23-19;;/h1-10,16H,11-13,21H2,(H,22,23);2*1H/b10-7+;;. The molecule has 1 saturated heterocycles. The number of nitrogens with zero attached hydrogens (tertiary/aromatic N) is 2. The maximum absolute atomic E-state index is 12.4. The van der Waals surface area contributed by atoms with Gasteiger partial charge in [-0.25, -0.2) is 0 Å². The number of amides is 1. The summed E-state index contributed by atoms with van der Waals surface area (Å²) < 4.78 is 0. The van der Waals surface area contributed by atoms with E-state index in [0.717, 1.165) is 35.1 Å². The van der Waals surface area contributed by atoms with Crippen molar-refractivity contribution >= 4 is 53.8 Å². The van der Waals surface area contributed by atoms with Gasteiger partial charge in [-0.15, -0.1) is 24.8 Å². The minimum Gasteiger partial charge on any atom is -0.337 e. The van der Waals surface area contributed by atoms with Gasteiger partial charge in [-0.3, -0.25) is 9.89 Å². The van der Waals surface area contributed by atoms with E-state index in [1.165, 1.54) is 0 Å². The van der Waals surface area contributed by atoms with E-state index in [1.54, 1.807) is 0 Å². The Morgan fingerprint density at radius 2 is 1.85 bits per heavy atom. The Morgan fingerprint density at radius 1 is 1.11 bits per heavy atom. The Kier molecular flexibility index (Phi) is 7.02. The van der Waals surface area contributed by atoms with Crippen LogP contribution in [0.4, 0.5) is 0 Å². The Morgan fingerprint density at radius 3 is 2.56 bits per heavy atom. The third kappa shape index (κ3) is 4.50. The van der Waals surface area contributed by atoms with Gasteiger partial charge in [0, 0.05) is 30.1 Å². The summed E-state index contributed by atoms with van der Waals surface area (Å²) in [4.78, 5) is 14.3. The maximum Gasteiger partial charge on any atom is 0.253 e. The van der Waals surface area contributed by atoms with Gasteiger partial charge in [-0.05, 0) is 36.3 Å². The minimum atomic E-state index is 0. The second-order valence-electron chi connectivity index (χ2n) is 6.41. The Labute approximate surface area is 170 Å². The number of rotatable bonds is 3. The molecule has 3 aromatic rings. The Balaban J connectivity index is 0.00000131.